The summed E-state index contributed by atoms with van der Waals surface area (Å²) in [6, 6.07) is 3.64. The van der Waals surface area contributed by atoms with Gasteiger partial charge in [0.2, 0.25) is 11.8 Å². The number of hydrogen-bond donors (Lipinski definition) is 2. The standard InChI is InChI=1S/C14H22N4O2/c1-4-20-13-11(15)6-7-12(17-13)14(8-5-9-16-14)18(3)10(2)19/h6-7,16H,4-5,8-9,15H2,1-3H3. The summed E-state index contributed by atoms with van der Waals surface area (Å²) in [6.45, 7) is 4.80. The van der Waals surface area contributed by atoms with Crippen molar-refractivity contribution < 1.29 is 9.53 Å². The fourth-order valence-electron chi connectivity index (χ4n) is 2.61. The van der Waals surface area contributed by atoms with E-state index in [-0.39, 0.29) is 5.91 Å². The normalized spacial score (nSPS) is 21.8. The van der Waals surface area contributed by atoms with Gasteiger partial charge in [-0.05, 0) is 38.4 Å². The Balaban J connectivity index is 2.44. The molecule has 1 fully saturated rings. The minimum atomic E-state index is -0.564. The predicted octanol–water partition coefficient (Wildman–Crippen LogP) is 1.08. The Morgan fingerprint density at radius 1 is 1.60 bits per heavy atom. The highest BCUT2D eigenvalue weighted by Crippen LogP contribution is 2.34. The van der Waals surface area contributed by atoms with Crippen molar-refractivity contribution in [3.63, 3.8) is 0 Å². The second-order valence-corrected chi connectivity index (χ2v) is 4.99. The van der Waals surface area contributed by atoms with Crippen LogP contribution >= 0.6 is 0 Å². The zero-order valence-corrected chi connectivity index (χ0v) is 12.3. The van der Waals surface area contributed by atoms with Crippen molar-refractivity contribution in [1.82, 2.24) is 15.2 Å². The summed E-state index contributed by atoms with van der Waals surface area (Å²) >= 11 is 0. The number of hydrogen-bond acceptors (Lipinski definition) is 5. The van der Waals surface area contributed by atoms with Crippen molar-refractivity contribution in [3.8, 4) is 5.88 Å². The van der Waals surface area contributed by atoms with Gasteiger partial charge in [-0.3, -0.25) is 10.1 Å². The van der Waals surface area contributed by atoms with Crippen LogP contribution in [-0.4, -0.2) is 36.0 Å². The van der Waals surface area contributed by atoms with Crippen LogP contribution in [0, 0.1) is 0 Å². The topological polar surface area (TPSA) is 80.5 Å². The van der Waals surface area contributed by atoms with Crippen LogP contribution in [0.25, 0.3) is 0 Å². The molecule has 0 radical (unpaired) electrons. The van der Waals surface area contributed by atoms with Crippen molar-refractivity contribution in [2.75, 3.05) is 25.9 Å². The first kappa shape index (κ1) is 14.6. The van der Waals surface area contributed by atoms with Crippen LogP contribution in [0.2, 0.25) is 0 Å². The summed E-state index contributed by atoms with van der Waals surface area (Å²) in [4.78, 5) is 18.0. The van der Waals surface area contributed by atoms with E-state index >= 15 is 0 Å². The van der Waals surface area contributed by atoms with Gasteiger partial charge in [0.1, 0.15) is 5.66 Å². The number of carbonyl (C=O) groups excluding carboxylic acids is 1. The van der Waals surface area contributed by atoms with Gasteiger partial charge in [-0.15, -0.1) is 0 Å². The van der Waals surface area contributed by atoms with Crippen molar-refractivity contribution in [1.29, 1.82) is 0 Å². The number of carbonyl (C=O) groups is 1. The third-order valence-corrected chi connectivity index (χ3v) is 3.77. The van der Waals surface area contributed by atoms with Gasteiger partial charge in [-0.25, -0.2) is 4.98 Å². The second-order valence-electron chi connectivity index (χ2n) is 4.99. The molecule has 6 nitrogen and oxygen atoms in total. The Hall–Kier alpha value is -1.82. The molecule has 1 aromatic heterocycles. The lowest BCUT2D eigenvalue weighted by Gasteiger charge is -2.38. The molecule has 0 spiro atoms. The third kappa shape index (κ3) is 2.43. The molecule has 0 aliphatic carbocycles. The number of nitrogens with one attached hydrogen (secondary N) is 1. The lowest BCUT2D eigenvalue weighted by atomic mass is 10.0. The first-order valence-corrected chi connectivity index (χ1v) is 6.90. The van der Waals surface area contributed by atoms with E-state index in [1.54, 1.807) is 24.9 Å². The molecule has 2 rings (SSSR count). The number of nitrogens with zero attached hydrogens (tertiary/aromatic N) is 2. The van der Waals surface area contributed by atoms with Crippen LogP contribution in [0.4, 0.5) is 5.69 Å². The molecule has 2 heterocycles. The Bertz CT molecular complexity index is 498. The van der Waals surface area contributed by atoms with Crippen LogP contribution in [0.3, 0.4) is 0 Å². The highest BCUT2D eigenvalue weighted by atomic mass is 16.5. The fraction of sp³-hybridized carbons (Fsp3) is 0.571. The molecule has 1 unspecified atom stereocenters. The number of nitrogens with two attached hydrogens (primary N) is 1. The van der Waals surface area contributed by atoms with Crippen LogP contribution in [0.5, 0.6) is 5.88 Å². The monoisotopic (exact) mass is 278 g/mol. The maximum absolute atomic E-state index is 11.8. The van der Waals surface area contributed by atoms with Gasteiger partial charge in [-0.2, -0.15) is 0 Å². The molecular formula is C14H22N4O2. The smallest absolute Gasteiger partial charge is 0.237 e. The van der Waals surface area contributed by atoms with E-state index in [0.717, 1.165) is 25.1 Å². The average molecular weight is 278 g/mol. The number of pyridine rings is 1. The number of amides is 1. The SMILES string of the molecule is CCOc1nc(C2(N(C)C(C)=O)CCCN2)ccc1N. The zero-order chi connectivity index (χ0) is 14.8. The highest BCUT2D eigenvalue weighted by Gasteiger charge is 2.42. The Morgan fingerprint density at radius 3 is 2.90 bits per heavy atom. The number of rotatable bonds is 4. The summed E-state index contributed by atoms with van der Waals surface area (Å²) in [5.74, 6) is 0.422. The van der Waals surface area contributed by atoms with Gasteiger partial charge >= 0.3 is 0 Å². The lowest BCUT2D eigenvalue weighted by Crippen LogP contribution is -2.53. The van der Waals surface area contributed by atoms with E-state index in [1.807, 2.05) is 13.0 Å². The van der Waals surface area contributed by atoms with E-state index < -0.39 is 5.66 Å². The summed E-state index contributed by atoms with van der Waals surface area (Å²) in [5.41, 5.74) is 6.58. The zero-order valence-electron chi connectivity index (χ0n) is 12.3. The summed E-state index contributed by atoms with van der Waals surface area (Å²) in [5, 5.41) is 3.40. The molecule has 110 valence electrons. The minimum Gasteiger partial charge on any atom is -0.476 e. The molecule has 6 heteroatoms. The van der Waals surface area contributed by atoms with Crippen molar-refractivity contribution >= 4 is 11.6 Å². The van der Waals surface area contributed by atoms with E-state index in [2.05, 4.69) is 10.3 Å². The molecule has 1 aromatic rings. The molecule has 1 saturated heterocycles. The highest BCUT2D eigenvalue weighted by molar-refractivity contribution is 5.74. The van der Waals surface area contributed by atoms with Crippen molar-refractivity contribution in [2.24, 2.45) is 0 Å². The van der Waals surface area contributed by atoms with E-state index in [1.165, 1.54) is 0 Å². The van der Waals surface area contributed by atoms with Crippen LogP contribution in [-0.2, 0) is 10.5 Å². The number of nitrogen functional groups attached to an aromatic ring is 1. The Morgan fingerprint density at radius 2 is 2.35 bits per heavy atom. The number of aromatic nitrogens is 1. The summed E-state index contributed by atoms with van der Waals surface area (Å²) in [7, 11) is 1.79. The fourth-order valence-corrected chi connectivity index (χ4v) is 2.61. The first-order valence-electron chi connectivity index (χ1n) is 6.90. The van der Waals surface area contributed by atoms with E-state index in [4.69, 9.17) is 10.5 Å². The molecular weight excluding hydrogens is 256 g/mol. The van der Waals surface area contributed by atoms with Gasteiger partial charge in [-0.1, -0.05) is 0 Å². The molecule has 0 bridgehead atoms. The first-order chi connectivity index (χ1) is 9.51. The van der Waals surface area contributed by atoms with Crippen LogP contribution in [0.15, 0.2) is 12.1 Å². The van der Waals surface area contributed by atoms with Crippen molar-refractivity contribution in [2.45, 2.75) is 32.4 Å². The number of anilines is 1. The van der Waals surface area contributed by atoms with Gasteiger partial charge in [0.15, 0.2) is 0 Å². The van der Waals surface area contributed by atoms with Crippen LogP contribution in [0.1, 0.15) is 32.4 Å². The van der Waals surface area contributed by atoms with Crippen LogP contribution < -0.4 is 15.8 Å². The maximum atomic E-state index is 11.8. The minimum absolute atomic E-state index is 0.00372. The maximum Gasteiger partial charge on any atom is 0.237 e. The summed E-state index contributed by atoms with van der Waals surface area (Å²) < 4.78 is 5.45. The van der Waals surface area contributed by atoms with E-state index in [0.29, 0.717) is 18.2 Å². The van der Waals surface area contributed by atoms with Crippen molar-refractivity contribution in [3.05, 3.63) is 17.8 Å². The lowest BCUT2D eigenvalue weighted by molar-refractivity contribution is -0.134. The van der Waals surface area contributed by atoms with Gasteiger partial charge in [0.25, 0.3) is 0 Å². The molecule has 3 N–H and O–H groups in total. The number of ether oxygens (including phenoxy) is 1. The Labute approximate surface area is 119 Å². The molecule has 1 amide bonds. The molecule has 1 aliphatic rings. The largest absolute Gasteiger partial charge is 0.476 e. The van der Waals surface area contributed by atoms with Gasteiger partial charge < -0.3 is 15.4 Å². The molecule has 1 aliphatic heterocycles. The molecule has 0 saturated carbocycles. The average Bonchev–Trinajstić information content (AvgIpc) is 2.91. The van der Waals surface area contributed by atoms with Gasteiger partial charge in [0, 0.05) is 14.0 Å². The van der Waals surface area contributed by atoms with E-state index in [9.17, 15) is 4.79 Å². The predicted molar refractivity (Wildman–Crippen MR) is 77.2 cm³/mol. The molecule has 0 aromatic carbocycles. The van der Waals surface area contributed by atoms with Gasteiger partial charge in [0.05, 0.1) is 18.0 Å². The molecule has 1 atom stereocenters. The molecule has 20 heavy (non-hydrogen) atoms. The second kappa shape index (κ2) is 5.66. The summed E-state index contributed by atoms with van der Waals surface area (Å²) in [6.07, 6.45) is 1.82. The quantitative estimate of drug-likeness (QED) is 0.861. The Kier molecular flexibility index (Phi) is 4.13. The third-order valence-electron chi connectivity index (χ3n) is 3.77.